The first kappa shape index (κ1) is 13.8. The topological polar surface area (TPSA) is 35.2 Å². The van der Waals surface area contributed by atoms with Gasteiger partial charge in [-0.3, -0.25) is 0 Å². The van der Waals surface area contributed by atoms with E-state index in [1.54, 1.807) is 18.2 Å². The average molecular weight is 280 g/mol. The molecule has 2 aromatic rings. The summed E-state index contributed by atoms with van der Waals surface area (Å²) in [5.74, 6) is 0.369. The summed E-state index contributed by atoms with van der Waals surface area (Å²) in [5.41, 5.74) is 8.20. The molecule has 2 N–H and O–H groups in total. The molecule has 0 heterocycles. The molecule has 0 bridgehead atoms. The van der Waals surface area contributed by atoms with Crippen LogP contribution in [-0.4, -0.2) is 0 Å². The van der Waals surface area contributed by atoms with Gasteiger partial charge >= 0.3 is 0 Å². The first-order valence-electron chi connectivity index (χ1n) is 5.97. The quantitative estimate of drug-likeness (QED) is 0.923. The van der Waals surface area contributed by atoms with Crippen LogP contribution in [0, 0.1) is 12.7 Å². The lowest BCUT2D eigenvalue weighted by Gasteiger charge is -2.13. The monoisotopic (exact) mass is 279 g/mol. The smallest absolute Gasteiger partial charge is 0.125 e. The normalized spacial score (nSPS) is 10.5. The van der Waals surface area contributed by atoms with Crippen molar-refractivity contribution >= 4 is 11.6 Å². The Hall–Kier alpha value is -1.58. The molecule has 0 aromatic heterocycles. The maximum Gasteiger partial charge on any atom is 0.125 e. The zero-order valence-corrected chi connectivity index (χ0v) is 11.4. The Morgan fingerprint density at radius 1 is 1.26 bits per heavy atom. The van der Waals surface area contributed by atoms with E-state index in [-0.39, 0.29) is 12.4 Å². The Labute approximate surface area is 117 Å². The van der Waals surface area contributed by atoms with Crippen LogP contribution in [-0.2, 0) is 13.2 Å². The number of ether oxygens (including phenoxy) is 1. The van der Waals surface area contributed by atoms with Crippen LogP contribution in [0.15, 0.2) is 36.4 Å². The zero-order valence-electron chi connectivity index (χ0n) is 10.6. The summed E-state index contributed by atoms with van der Waals surface area (Å²) in [6.45, 7) is 2.51. The van der Waals surface area contributed by atoms with E-state index in [9.17, 15) is 4.39 Å². The molecule has 0 atom stereocenters. The Balaban J connectivity index is 2.19. The van der Waals surface area contributed by atoms with Crippen molar-refractivity contribution in [1.29, 1.82) is 0 Å². The van der Waals surface area contributed by atoms with Crippen LogP contribution in [0.1, 0.15) is 16.7 Å². The third-order valence-corrected chi connectivity index (χ3v) is 3.33. The fourth-order valence-corrected chi connectivity index (χ4v) is 2.07. The lowest BCUT2D eigenvalue weighted by Crippen LogP contribution is -2.04. The Morgan fingerprint density at radius 3 is 2.79 bits per heavy atom. The van der Waals surface area contributed by atoms with Crippen molar-refractivity contribution in [3.63, 3.8) is 0 Å². The van der Waals surface area contributed by atoms with Gasteiger partial charge in [-0.15, -0.1) is 0 Å². The Morgan fingerprint density at radius 2 is 2.05 bits per heavy atom. The fraction of sp³-hybridized carbons (Fsp3) is 0.200. The van der Waals surface area contributed by atoms with Crippen LogP contribution in [0.3, 0.4) is 0 Å². The molecule has 4 heteroatoms. The van der Waals surface area contributed by atoms with E-state index in [4.69, 9.17) is 22.1 Å². The molecule has 0 radical (unpaired) electrons. The third kappa shape index (κ3) is 3.25. The standard InChI is InChI=1S/C15H15ClFNO/c1-10-5-6-12(17)7-11(10)9-19-15-4-2-3-14(16)13(15)8-18/h2-7H,8-9,18H2,1H3. The van der Waals surface area contributed by atoms with Crippen molar-refractivity contribution in [1.82, 2.24) is 0 Å². The second-order valence-corrected chi connectivity index (χ2v) is 4.69. The van der Waals surface area contributed by atoms with Gasteiger partial charge in [-0.05, 0) is 42.3 Å². The second kappa shape index (κ2) is 6.04. The highest BCUT2D eigenvalue weighted by atomic mass is 35.5. The molecule has 0 aliphatic carbocycles. The third-order valence-electron chi connectivity index (χ3n) is 2.97. The van der Waals surface area contributed by atoms with Crippen molar-refractivity contribution in [3.05, 3.63) is 63.9 Å². The molecule has 2 aromatic carbocycles. The summed E-state index contributed by atoms with van der Waals surface area (Å²) in [4.78, 5) is 0. The van der Waals surface area contributed by atoms with Crippen molar-refractivity contribution in [3.8, 4) is 5.75 Å². The second-order valence-electron chi connectivity index (χ2n) is 4.28. The van der Waals surface area contributed by atoms with Crippen molar-refractivity contribution in [2.45, 2.75) is 20.1 Å². The molecule has 0 amide bonds. The number of rotatable bonds is 4. The number of benzene rings is 2. The predicted octanol–water partition coefficient (Wildman–Crippen LogP) is 3.83. The number of hydrogen-bond donors (Lipinski definition) is 1. The number of aryl methyl sites for hydroxylation is 1. The Bertz CT molecular complexity index is 586. The summed E-state index contributed by atoms with van der Waals surface area (Å²) in [5, 5.41) is 0.580. The Kier molecular flexibility index (Phi) is 4.40. The van der Waals surface area contributed by atoms with Crippen molar-refractivity contribution in [2.75, 3.05) is 0 Å². The number of halogens is 2. The van der Waals surface area contributed by atoms with E-state index in [2.05, 4.69) is 0 Å². The molecule has 0 unspecified atom stereocenters. The van der Waals surface area contributed by atoms with Gasteiger partial charge in [0.25, 0.3) is 0 Å². The highest BCUT2D eigenvalue weighted by molar-refractivity contribution is 6.31. The zero-order chi connectivity index (χ0) is 13.8. The summed E-state index contributed by atoms with van der Waals surface area (Å²) < 4.78 is 18.9. The van der Waals surface area contributed by atoms with Gasteiger partial charge in [0.1, 0.15) is 18.2 Å². The van der Waals surface area contributed by atoms with Gasteiger partial charge in [0.2, 0.25) is 0 Å². The SMILES string of the molecule is Cc1ccc(F)cc1COc1cccc(Cl)c1CN. The van der Waals surface area contributed by atoms with E-state index >= 15 is 0 Å². The van der Waals surface area contributed by atoms with Gasteiger partial charge in [0, 0.05) is 17.1 Å². The van der Waals surface area contributed by atoms with E-state index in [0.29, 0.717) is 17.3 Å². The lowest BCUT2D eigenvalue weighted by atomic mass is 10.1. The molecule has 100 valence electrons. The van der Waals surface area contributed by atoms with E-state index in [0.717, 1.165) is 16.7 Å². The van der Waals surface area contributed by atoms with Gasteiger partial charge in [0.15, 0.2) is 0 Å². The predicted molar refractivity (Wildman–Crippen MR) is 74.8 cm³/mol. The van der Waals surface area contributed by atoms with Crippen LogP contribution in [0.2, 0.25) is 5.02 Å². The minimum absolute atomic E-state index is 0.269. The molecule has 19 heavy (non-hydrogen) atoms. The molecule has 0 fully saturated rings. The van der Waals surface area contributed by atoms with Crippen LogP contribution >= 0.6 is 11.6 Å². The summed E-state index contributed by atoms with van der Waals surface area (Å²) in [6, 6.07) is 10.0. The maximum absolute atomic E-state index is 13.2. The molecule has 0 saturated heterocycles. The molecule has 0 saturated carbocycles. The van der Waals surface area contributed by atoms with Gasteiger partial charge < -0.3 is 10.5 Å². The molecule has 0 aliphatic rings. The maximum atomic E-state index is 13.2. The van der Waals surface area contributed by atoms with Gasteiger partial charge in [0.05, 0.1) is 0 Å². The lowest BCUT2D eigenvalue weighted by molar-refractivity contribution is 0.301. The highest BCUT2D eigenvalue weighted by Gasteiger charge is 2.08. The average Bonchev–Trinajstić information content (AvgIpc) is 2.40. The first-order chi connectivity index (χ1) is 9.11. The van der Waals surface area contributed by atoms with E-state index in [1.807, 2.05) is 13.0 Å². The summed E-state index contributed by atoms with van der Waals surface area (Å²) in [6.07, 6.45) is 0. The first-order valence-corrected chi connectivity index (χ1v) is 6.35. The molecular formula is C15H15ClFNO. The molecule has 2 nitrogen and oxygen atoms in total. The minimum Gasteiger partial charge on any atom is -0.489 e. The number of nitrogens with two attached hydrogens (primary N) is 1. The largest absolute Gasteiger partial charge is 0.489 e. The van der Waals surface area contributed by atoms with E-state index in [1.165, 1.54) is 12.1 Å². The molecule has 0 aliphatic heterocycles. The van der Waals surface area contributed by atoms with E-state index < -0.39 is 0 Å². The van der Waals surface area contributed by atoms with Crippen molar-refractivity contribution < 1.29 is 9.13 Å². The van der Waals surface area contributed by atoms with Crippen molar-refractivity contribution in [2.24, 2.45) is 5.73 Å². The van der Waals surface area contributed by atoms with Gasteiger partial charge in [-0.25, -0.2) is 4.39 Å². The number of hydrogen-bond acceptors (Lipinski definition) is 2. The summed E-state index contributed by atoms with van der Waals surface area (Å²) >= 11 is 6.05. The molecule has 2 rings (SSSR count). The molecular weight excluding hydrogens is 265 g/mol. The highest BCUT2D eigenvalue weighted by Crippen LogP contribution is 2.26. The van der Waals surface area contributed by atoms with Gasteiger partial charge in [-0.2, -0.15) is 0 Å². The molecule has 0 spiro atoms. The summed E-state index contributed by atoms with van der Waals surface area (Å²) in [7, 11) is 0. The minimum atomic E-state index is -0.269. The van der Waals surface area contributed by atoms with Crippen LogP contribution in [0.25, 0.3) is 0 Å². The van der Waals surface area contributed by atoms with Crippen LogP contribution in [0.4, 0.5) is 4.39 Å². The van der Waals surface area contributed by atoms with Crippen LogP contribution < -0.4 is 10.5 Å². The van der Waals surface area contributed by atoms with Gasteiger partial charge in [-0.1, -0.05) is 23.7 Å². The fourth-order valence-electron chi connectivity index (χ4n) is 1.82. The van der Waals surface area contributed by atoms with Crippen LogP contribution in [0.5, 0.6) is 5.75 Å².